The van der Waals surface area contributed by atoms with Crippen LogP contribution in [0, 0.1) is 11.3 Å². The first kappa shape index (κ1) is 14.7. The second-order valence-corrected chi connectivity index (χ2v) is 4.36. The van der Waals surface area contributed by atoms with Crippen LogP contribution < -0.4 is 0 Å². The number of nitrogens with zero attached hydrogens (tertiary/aromatic N) is 3. The fourth-order valence-electron chi connectivity index (χ4n) is 1.92. The van der Waals surface area contributed by atoms with E-state index in [0.29, 0.717) is 23.4 Å². The first-order valence-electron chi connectivity index (χ1n) is 5.97. The van der Waals surface area contributed by atoms with Crippen molar-refractivity contribution >= 4 is 22.6 Å². The van der Waals surface area contributed by atoms with Crippen molar-refractivity contribution in [2.24, 2.45) is 0 Å². The molecule has 0 aliphatic rings. The van der Waals surface area contributed by atoms with Gasteiger partial charge in [-0.3, -0.25) is 0 Å². The second kappa shape index (κ2) is 6.64. The summed E-state index contributed by atoms with van der Waals surface area (Å²) < 4.78 is 30.6. The highest BCUT2D eigenvalue weighted by Crippen LogP contribution is 2.19. The molecule has 0 N–H and O–H groups in total. The Morgan fingerprint density at radius 3 is 2.90 bits per heavy atom. The Labute approximate surface area is 119 Å². The molecule has 2 rings (SSSR count). The van der Waals surface area contributed by atoms with E-state index in [9.17, 15) is 8.78 Å². The van der Waals surface area contributed by atoms with E-state index in [4.69, 9.17) is 21.6 Å². The monoisotopic (exact) mass is 299 g/mol. The number of nitriles is 1. The summed E-state index contributed by atoms with van der Waals surface area (Å²) in [6, 6.07) is 7.16. The largest absolute Gasteiger partial charge is 0.374 e. The summed E-state index contributed by atoms with van der Waals surface area (Å²) in [5.74, 6) is 0.822. The van der Waals surface area contributed by atoms with Crippen molar-refractivity contribution < 1.29 is 13.5 Å². The minimum atomic E-state index is -2.48. The highest BCUT2D eigenvalue weighted by molar-refractivity contribution is 6.16. The van der Waals surface area contributed by atoms with Gasteiger partial charge in [-0.1, -0.05) is 0 Å². The van der Waals surface area contributed by atoms with Crippen molar-refractivity contribution in [3.8, 4) is 6.07 Å². The third kappa shape index (κ3) is 3.24. The number of imidazole rings is 1. The van der Waals surface area contributed by atoms with Crippen molar-refractivity contribution in [2.45, 2.75) is 18.9 Å². The van der Waals surface area contributed by atoms with Crippen LogP contribution in [0.25, 0.3) is 11.0 Å². The van der Waals surface area contributed by atoms with Crippen LogP contribution in [0.15, 0.2) is 18.2 Å². The van der Waals surface area contributed by atoms with Gasteiger partial charge in [-0.15, -0.1) is 11.6 Å². The zero-order valence-electron chi connectivity index (χ0n) is 10.5. The number of alkyl halides is 3. The average molecular weight is 300 g/mol. The third-order valence-electron chi connectivity index (χ3n) is 2.78. The van der Waals surface area contributed by atoms with E-state index in [-0.39, 0.29) is 12.5 Å². The van der Waals surface area contributed by atoms with E-state index in [1.807, 2.05) is 0 Å². The lowest BCUT2D eigenvalue weighted by Gasteiger charge is -2.08. The van der Waals surface area contributed by atoms with Gasteiger partial charge in [0.05, 0.1) is 35.2 Å². The van der Waals surface area contributed by atoms with E-state index < -0.39 is 13.0 Å². The molecular weight excluding hydrogens is 288 g/mol. The molecule has 0 amide bonds. The Hall–Kier alpha value is -1.71. The van der Waals surface area contributed by atoms with Crippen LogP contribution in [-0.2, 0) is 17.2 Å². The van der Waals surface area contributed by atoms with E-state index in [1.54, 1.807) is 22.8 Å². The summed E-state index contributed by atoms with van der Waals surface area (Å²) in [6.45, 7) is -0.0943. The number of hydrogen-bond donors (Lipinski definition) is 0. The molecule has 0 unspecified atom stereocenters. The minimum Gasteiger partial charge on any atom is -0.374 e. The summed E-state index contributed by atoms with van der Waals surface area (Å²) in [4.78, 5) is 4.34. The van der Waals surface area contributed by atoms with Crippen LogP contribution in [0.4, 0.5) is 8.78 Å². The summed E-state index contributed by atoms with van der Waals surface area (Å²) in [7, 11) is 0. The van der Waals surface area contributed by atoms with Gasteiger partial charge in [0.15, 0.2) is 0 Å². The van der Waals surface area contributed by atoms with Gasteiger partial charge in [-0.05, 0) is 18.2 Å². The van der Waals surface area contributed by atoms with E-state index in [1.165, 1.54) is 0 Å². The number of halogens is 3. The molecule has 0 aliphatic carbocycles. The molecule has 0 radical (unpaired) electrons. The zero-order chi connectivity index (χ0) is 14.5. The van der Waals surface area contributed by atoms with Gasteiger partial charge < -0.3 is 9.30 Å². The maximum Gasteiger partial charge on any atom is 0.261 e. The van der Waals surface area contributed by atoms with Gasteiger partial charge >= 0.3 is 0 Å². The molecule has 0 fully saturated rings. The quantitative estimate of drug-likeness (QED) is 0.609. The SMILES string of the molecule is N#Cc1ccc2nc(CCl)n(CCOCC(F)F)c2c1. The number of ether oxygens (including phenoxy) is 1. The average Bonchev–Trinajstić information content (AvgIpc) is 2.80. The molecule has 106 valence electrons. The van der Waals surface area contributed by atoms with E-state index in [0.717, 1.165) is 5.52 Å². The van der Waals surface area contributed by atoms with E-state index in [2.05, 4.69) is 11.1 Å². The summed E-state index contributed by atoms with van der Waals surface area (Å²) in [6.07, 6.45) is -2.48. The van der Waals surface area contributed by atoms with Crippen LogP contribution in [0.2, 0.25) is 0 Å². The van der Waals surface area contributed by atoms with Crippen molar-refractivity contribution in [1.29, 1.82) is 5.26 Å². The Bertz CT molecular complexity index is 636. The van der Waals surface area contributed by atoms with Gasteiger partial charge in [-0.25, -0.2) is 13.8 Å². The van der Waals surface area contributed by atoms with Crippen LogP contribution in [-0.4, -0.2) is 29.2 Å². The lowest BCUT2D eigenvalue weighted by atomic mass is 10.2. The molecule has 1 aromatic carbocycles. The Morgan fingerprint density at radius 1 is 1.45 bits per heavy atom. The van der Waals surface area contributed by atoms with Crippen molar-refractivity contribution in [1.82, 2.24) is 9.55 Å². The van der Waals surface area contributed by atoms with E-state index >= 15 is 0 Å². The number of fused-ring (bicyclic) bond motifs is 1. The highest BCUT2D eigenvalue weighted by Gasteiger charge is 2.11. The summed E-state index contributed by atoms with van der Waals surface area (Å²) in [5.41, 5.74) is 1.97. The minimum absolute atomic E-state index is 0.135. The Balaban J connectivity index is 2.23. The molecule has 7 heteroatoms. The maximum atomic E-state index is 12.0. The molecule has 1 aromatic heterocycles. The van der Waals surface area contributed by atoms with Crippen molar-refractivity contribution in [2.75, 3.05) is 13.2 Å². The maximum absolute atomic E-state index is 12.0. The molecular formula is C13H12ClF2N3O. The Kier molecular flexibility index (Phi) is 4.88. The summed E-state index contributed by atoms with van der Waals surface area (Å²) >= 11 is 5.83. The summed E-state index contributed by atoms with van der Waals surface area (Å²) in [5, 5.41) is 8.91. The third-order valence-corrected chi connectivity index (χ3v) is 3.02. The number of rotatable bonds is 6. The lowest BCUT2D eigenvalue weighted by Crippen LogP contribution is -2.12. The molecule has 0 spiro atoms. The Morgan fingerprint density at radius 2 is 2.25 bits per heavy atom. The van der Waals surface area contributed by atoms with Crippen molar-refractivity contribution in [3.63, 3.8) is 0 Å². The molecule has 0 bridgehead atoms. The highest BCUT2D eigenvalue weighted by atomic mass is 35.5. The fraction of sp³-hybridized carbons (Fsp3) is 0.385. The van der Waals surface area contributed by atoms with Crippen LogP contribution >= 0.6 is 11.6 Å². The predicted molar refractivity (Wildman–Crippen MR) is 70.8 cm³/mol. The number of benzene rings is 1. The molecule has 2 aromatic rings. The van der Waals surface area contributed by atoms with Gasteiger partial charge in [0.25, 0.3) is 6.43 Å². The lowest BCUT2D eigenvalue weighted by molar-refractivity contribution is 0.0149. The molecule has 0 aliphatic heterocycles. The second-order valence-electron chi connectivity index (χ2n) is 4.09. The van der Waals surface area contributed by atoms with Crippen molar-refractivity contribution in [3.05, 3.63) is 29.6 Å². The smallest absolute Gasteiger partial charge is 0.261 e. The predicted octanol–water partition coefficient (Wildman–Crippen LogP) is 2.93. The molecule has 4 nitrogen and oxygen atoms in total. The molecule has 20 heavy (non-hydrogen) atoms. The van der Waals surface area contributed by atoms with Gasteiger partial charge in [0.2, 0.25) is 0 Å². The molecule has 0 saturated heterocycles. The molecule has 1 heterocycles. The normalized spacial score (nSPS) is 11.2. The van der Waals surface area contributed by atoms with Crippen LogP contribution in [0.1, 0.15) is 11.4 Å². The van der Waals surface area contributed by atoms with Crippen LogP contribution in [0.3, 0.4) is 0 Å². The molecule has 0 atom stereocenters. The molecule has 0 saturated carbocycles. The fourth-order valence-corrected chi connectivity index (χ4v) is 2.13. The van der Waals surface area contributed by atoms with Gasteiger partial charge in [0, 0.05) is 6.54 Å². The van der Waals surface area contributed by atoms with Gasteiger partial charge in [0.1, 0.15) is 12.4 Å². The zero-order valence-corrected chi connectivity index (χ0v) is 11.3. The number of aromatic nitrogens is 2. The van der Waals surface area contributed by atoms with Crippen LogP contribution in [0.5, 0.6) is 0 Å². The number of hydrogen-bond acceptors (Lipinski definition) is 3. The van der Waals surface area contributed by atoms with Gasteiger partial charge in [-0.2, -0.15) is 5.26 Å². The standard InChI is InChI=1S/C13H12ClF2N3O/c14-6-13-18-10-2-1-9(7-17)5-11(10)19(13)3-4-20-8-12(15)16/h1-2,5,12H,3-4,6,8H2. The topological polar surface area (TPSA) is 50.8 Å². The first-order chi connectivity index (χ1) is 9.65. The first-order valence-corrected chi connectivity index (χ1v) is 6.50.